The minimum Gasteiger partial charge on any atom is -0.370 e. The Kier molecular flexibility index (Phi) is 17.6. The van der Waals surface area contributed by atoms with Gasteiger partial charge in [0.2, 0.25) is 35.4 Å². The van der Waals surface area contributed by atoms with Gasteiger partial charge in [-0.15, -0.1) is 22.7 Å². The normalized spacial score (nSPS) is 19.9. The van der Waals surface area contributed by atoms with E-state index in [0.717, 1.165) is 39.5 Å². The molecule has 3 saturated heterocycles. The Bertz CT molecular complexity index is 3470. The van der Waals surface area contributed by atoms with Gasteiger partial charge in [-0.1, -0.05) is 75.4 Å². The molecular weight excluding hydrogens is 1120 g/mol. The van der Waals surface area contributed by atoms with Gasteiger partial charge >= 0.3 is 13.3 Å². The number of fused-ring (bicyclic) bond motifs is 3. The van der Waals surface area contributed by atoms with E-state index in [1.165, 1.54) is 38.2 Å². The number of nitrogens with zero attached hydrogens (tertiary/aromatic N) is 4. The summed E-state index contributed by atoms with van der Waals surface area (Å²) in [6, 6.07) is 13.2. The maximum atomic E-state index is 15.0. The van der Waals surface area contributed by atoms with Gasteiger partial charge in [0.25, 0.3) is 11.8 Å². The summed E-state index contributed by atoms with van der Waals surface area (Å²) in [6.45, 7) is 6.48. The van der Waals surface area contributed by atoms with Crippen molar-refractivity contribution in [2.45, 2.75) is 146 Å². The largest absolute Gasteiger partial charge is 0.399 e. The van der Waals surface area contributed by atoms with Gasteiger partial charge in [0.05, 0.1) is 15.8 Å². The quantitative estimate of drug-likeness (QED) is 0.0235. The Morgan fingerprint density at radius 3 is 2.40 bits per heavy atom. The number of thiophene rings is 1. The minimum absolute atomic E-state index is 0.0145. The molecule has 0 aliphatic carbocycles. The van der Waals surface area contributed by atoms with Crippen LogP contribution >= 0.6 is 30.3 Å². The molecule has 3 aromatic carbocycles. The first kappa shape index (κ1) is 59.4. The van der Waals surface area contributed by atoms with Crippen LogP contribution in [0.3, 0.4) is 0 Å². The number of rotatable bonds is 17. The Labute approximate surface area is 479 Å². The van der Waals surface area contributed by atoms with Crippen molar-refractivity contribution in [2.75, 3.05) is 13.1 Å². The molecule has 24 heteroatoms. The van der Waals surface area contributed by atoms with E-state index >= 15 is 4.79 Å². The fourth-order valence-corrected chi connectivity index (χ4v) is 13.3. The van der Waals surface area contributed by atoms with Crippen LogP contribution in [0.5, 0.6) is 0 Å². The highest BCUT2D eigenvalue weighted by Gasteiger charge is 2.51. The fourth-order valence-electron chi connectivity index (χ4n) is 10.9. The van der Waals surface area contributed by atoms with Crippen LogP contribution in [0.15, 0.2) is 72.9 Å². The molecular formula is C58H63F2N8O11PS2. The lowest BCUT2D eigenvalue weighted by Gasteiger charge is -2.39. The number of primary amides is 1. The number of hydrogen-bond donors (Lipinski definition) is 6. The summed E-state index contributed by atoms with van der Waals surface area (Å²) >= 11 is 2.25. The highest BCUT2D eigenvalue weighted by molar-refractivity contribution is 7.52. The van der Waals surface area contributed by atoms with Gasteiger partial charge in [0.1, 0.15) is 23.1 Å². The van der Waals surface area contributed by atoms with E-state index in [1.807, 2.05) is 18.2 Å². The number of thiazole rings is 1. The van der Waals surface area contributed by atoms with Crippen LogP contribution in [0.25, 0.3) is 20.5 Å². The molecule has 2 unspecified atom stereocenters. The lowest BCUT2D eigenvalue weighted by atomic mass is 9.87. The van der Waals surface area contributed by atoms with Crippen LogP contribution in [0.4, 0.5) is 8.78 Å². The van der Waals surface area contributed by atoms with Crippen molar-refractivity contribution < 1.29 is 61.5 Å². The molecule has 6 heterocycles. The number of alkyl halides is 2. The summed E-state index contributed by atoms with van der Waals surface area (Å²) in [5, 5.41) is 8.75. The molecule has 432 valence electrons. The third-order valence-electron chi connectivity index (χ3n) is 15.5. The Balaban J connectivity index is 0.885. The molecule has 9 rings (SSSR count). The zero-order chi connectivity index (χ0) is 58.8. The van der Waals surface area contributed by atoms with Crippen LogP contribution < -0.4 is 21.7 Å². The van der Waals surface area contributed by atoms with Gasteiger partial charge in [-0.05, 0) is 103 Å². The predicted octanol–water partition coefficient (Wildman–Crippen LogP) is 7.13. The molecule has 4 aliphatic heterocycles. The number of amides is 8. The van der Waals surface area contributed by atoms with E-state index in [9.17, 15) is 56.7 Å². The summed E-state index contributed by atoms with van der Waals surface area (Å²) in [4.78, 5) is 136. The monoisotopic (exact) mass is 1180 g/mol. The van der Waals surface area contributed by atoms with Crippen LogP contribution in [0, 0.1) is 11.8 Å². The number of imide groups is 1. The van der Waals surface area contributed by atoms with E-state index < -0.39 is 78.6 Å². The smallest absolute Gasteiger partial charge is 0.370 e. The average molecular weight is 1180 g/mol. The first-order valence-electron chi connectivity index (χ1n) is 27.2. The van der Waals surface area contributed by atoms with Crippen molar-refractivity contribution in [3.8, 4) is 22.3 Å². The van der Waals surface area contributed by atoms with E-state index in [2.05, 4.69) is 65.7 Å². The van der Waals surface area contributed by atoms with E-state index in [0.29, 0.717) is 64.9 Å². The lowest BCUT2D eigenvalue weighted by Crippen LogP contribution is -2.61. The number of halogens is 2. The first-order chi connectivity index (χ1) is 38.9. The van der Waals surface area contributed by atoms with Crippen molar-refractivity contribution in [3.05, 3.63) is 111 Å². The van der Waals surface area contributed by atoms with Gasteiger partial charge < -0.3 is 40.9 Å². The molecule has 5 aromatic rings. The molecule has 0 spiro atoms. The molecule has 2 aromatic heterocycles. The minimum atomic E-state index is -5.90. The highest BCUT2D eigenvalue weighted by Crippen LogP contribution is 2.59. The number of benzene rings is 3. The maximum Gasteiger partial charge on any atom is 0.399 e. The van der Waals surface area contributed by atoms with Crippen molar-refractivity contribution in [3.63, 3.8) is 0 Å². The molecule has 19 nitrogen and oxygen atoms in total. The Morgan fingerprint density at radius 1 is 0.927 bits per heavy atom. The van der Waals surface area contributed by atoms with Crippen molar-refractivity contribution >= 4 is 87.6 Å². The van der Waals surface area contributed by atoms with E-state index in [1.54, 1.807) is 18.3 Å². The summed E-state index contributed by atoms with van der Waals surface area (Å²) in [5.41, 5.74) is 3.99. The second-order valence-electron chi connectivity index (χ2n) is 22.1. The number of carbonyl (C=O) groups is 8. The second-order valence-corrected chi connectivity index (χ2v) is 25.9. The average Bonchev–Trinajstić information content (AvgIpc) is 4.41. The summed E-state index contributed by atoms with van der Waals surface area (Å²) < 4.78 is 41.5. The third kappa shape index (κ3) is 13.0. The zero-order valence-corrected chi connectivity index (χ0v) is 47.9. The van der Waals surface area contributed by atoms with Crippen LogP contribution in [0.2, 0.25) is 0 Å². The van der Waals surface area contributed by atoms with Gasteiger partial charge in [-0.2, -0.15) is 8.78 Å². The topological polar surface area (TPSA) is 279 Å². The zero-order valence-electron chi connectivity index (χ0n) is 45.4. The molecule has 8 amide bonds. The highest BCUT2D eigenvalue weighted by atomic mass is 32.1. The number of hydrogen-bond acceptors (Lipinski definition) is 12. The number of nitrogens with one attached hydrogen (secondary N) is 3. The van der Waals surface area contributed by atoms with E-state index in [4.69, 9.17) is 5.73 Å². The Morgan fingerprint density at radius 2 is 1.68 bits per heavy atom. The SMILES string of the molecule is CC(C)(C)c1ccc(-c2cnc(C(CCC(N)=O)NC(=O)[C@@H]3CC[C@@H]4CCN(C(=O)CCCCCC#Cc5cccc6c5CN(C5CCC(=O)NC5=O)C6=O)C[C@H](NC(=O)c5cc6cc(C(F)(F)P(=O)(O)O)ccc6s5)C(=O)N43)s2)cc1. The van der Waals surface area contributed by atoms with Gasteiger partial charge in [0.15, 0.2) is 0 Å². The van der Waals surface area contributed by atoms with Crippen molar-refractivity contribution in [1.82, 2.24) is 35.6 Å². The lowest BCUT2D eigenvalue weighted by molar-refractivity contribution is -0.145. The predicted molar refractivity (Wildman–Crippen MR) is 302 cm³/mol. The van der Waals surface area contributed by atoms with Crippen molar-refractivity contribution in [1.29, 1.82) is 0 Å². The molecule has 3 fully saturated rings. The van der Waals surface area contributed by atoms with E-state index in [-0.39, 0.29) is 91.6 Å². The summed E-state index contributed by atoms with van der Waals surface area (Å²) in [5.74, 6) is 2.40. The number of aromatic nitrogens is 1. The number of piperidine rings is 1. The molecule has 0 radical (unpaired) electrons. The van der Waals surface area contributed by atoms with Gasteiger partial charge in [-0.25, -0.2) is 4.98 Å². The molecule has 0 bridgehead atoms. The van der Waals surface area contributed by atoms with Gasteiger partial charge in [-0.3, -0.25) is 48.2 Å². The number of unbranched alkanes of at least 4 members (excludes halogenated alkanes) is 3. The first-order valence-corrected chi connectivity index (χ1v) is 30.4. The molecule has 0 saturated carbocycles. The van der Waals surface area contributed by atoms with Gasteiger partial charge in [0, 0.05) is 78.9 Å². The van der Waals surface area contributed by atoms with Crippen LogP contribution in [0.1, 0.15) is 151 Å². The maximum absolute atomic E-state index is 15.0. The summed E-state index contributed by atoms with van der Waals surface area (Å²) in [6.07, 6.45) is 5.44. The summed E-state index contributed by atoms with van der Waals surface area (Å²) in [7, 11) is -5.90. The Hall–Kier alpha value is -7.22. The fraction of sp³-hybridized carbons (Fsp3) is 0.431. The second kappa shape index (κ2) is 24.3. The number of nitrogens with two attached hydrogens (primary N) is 1. The number of carbonyl (C=O) groups excluding carboxylic acids is 8. The standard InChI is InChI=1S/C58H63F2N8O11PS2/c1-57(2,3)36-16-14-34(15-17-36)47-30-62-54(82-47)41(20-24-48(61)69)63-52(73)44-21-19-38-26-27-66(32-42(56(76)68(38)44)64-53(74)46-29-35-28-37(18-23-45(35)81-46)58(59,60)80(77,78)79)50(71)13-8-6-4-5-7-10-33-11-9-12-39-40(33)31-67(55(39)75)43-22-25-49(70)65-51(43)72/h9,11-12,14-18,23,28-30,38,41-44H,4-6,8,13,19-22,24-27,31-32H2,1-3H3,(H2,61,69)(H,63,73)(H,64,74)(H,65,70,72)(H2,77,78,79)/t38-,41?,42+,43?,44+/m1/s1. The molecule has 82 heavy (non-hydrogen) atoms. The van der Waals surface area contributed by atoms with Crippen molar-refractivity contribution in [2.24, 2.45) is 5.73 Å². The third-order valence-corrected chi connectivity index (χ3v) is 18.7. The van der Waals surface area contributed by atoms with Crippen LogP contribution in [-0.4, -0.2) is 114 Å². The van der Waals surface area contributed by atoms with Crippen LogP contribution in [-0.2, 0) is 51.0 Å². The molecule has 4 aliphatic rings. The molecule has 7 N–H and O–H groups in total. The molecule has 5 atom stereocenters.